The van der Waals surface area contributed by atoms with Crippen LogP contribution in [-0.2, 0) is 19.1 Å². The molecule has 3 heterocycles. The molecule has 1 unspecified atom stereocenters. The van der Waals surface area contributed by atoms with Crippen LogP contribution in [0, 0.1) is 6.92 Å². The van der Waals surface area contributed by atoms with Crippen LogP contribution >= 0.6 is 0 Å². The second-order valence-electron chi connectivity index (χ2n) is 7.82. The molecule has 1 aliphatic heterocycles. The molecule has 0 saturated carbocycles. The number of nitrogens with one attached hydrogen (secondary N) is 2. The van der Waals surface area contributed by atoms with E-state index in [2.05, 4.69) is 25.9 Å². The van der Waals surface area contributed by atoms with Gasteiger partial charge in [0, 0.05) is 35.0 Å². The van der Waals surface area contributed by atoms with Crippen LogP contribution in [-0.4, -0.2) is 26.4 Å². The third-order valence-electron chi connectivity index (χ3n) is 5.77. The largest absolute Gasteiger partial charge is 0.416 e. The molecule has 2 aromatic heterocycles. The molecule has 1 atom stereocenters. The number of halogens is 3. The number of nitrogens with zero attached hydrogens (tertiary/aromatic N) is 2. The molecule has 2 N–H and O–H groups in total. The van der Waals surface area contributed by atoms with Crippen molar-refractivity contribution in [2.45, 2.75) is 32.1 Å². The zero-order chi connectivity index (χ0) is 20.9. The number of imidazole rings is 1. The van der Waals surface area contributed by atoms with E-state index in [4.69, 9.17) is 0 Å². The summed E-state index contributed by atoms with van der Waals surface area (Å²) >= 11 is 0. The zero-order valence-corrected chi connectivity index (χ0v) is 16.4. The lowest BCUT2D eigenvalue weighted by Gasteiger charge is -2.36. The Kier molecular flexibility index (Phi) is 4.43. The maximum absolute atomic E-state index is 13.4. The Morgan fingerprint density at radius 2 is 1.93 bits per heavy atom. The summed E-state index contributed by atoms with van der Waals surface area (Å²) in [7, 11) is 0. The SMILES string of the molecule is Cc1cnc(CN2CCc3c([nH]c4ccccc34)C2c2cccc(C(F)(F)F)c2)[nH]1. The quantitative estimate of drug-likeness (QED) is 0.477. The van der Waals surface area contributed by atoms with Crippen LogP contribution in [0.1, 0.15) is 39.9 Å². The lowest BCUT2D eigenvalue weighted by Crippen LogP contribution is -2.36. The highest BCUT2D eigenvalue weighted by Crippen LogP contribution is 2.40. The summed E-state index contributed by atoms with van der Waals surface area (Å²) in [5.74, 6) is 0.809. The van der Waals surface area contributed by atoms with Crippen LogP contribution in [0.3, 0.4) is 0 Å². The van der Waals surface area contributed by atoms with Gasteiger partial charge in [-0.1, -0.05) is 30.3 Å². The monoisotopic (exact) mass is 410 g/mol. The van der Waals surface area contributed by atoms with Gasteiger partial charge in [0.15, 0.2) is 0 Å². The molecule has 0 fully saturated rings. The van der Waals surface area contributed by atoms with Crippen LogP contribution in [0.5, 0.6) is 0 Å². The fraction of sp³-hybridized carbons (Fsp3) is 0.261. The average molecular weight is 410 g/mol. The number of benzene rings is 2. The van der Waals surface area contributed by atoms with Gasteiger partial charge < -0.3 is 9.97 Å². The number of aromatic amines is 2. The van der Waals surface area contributed by atoms with Crippen molar-refractivity contribution in [1.82, 2.24) is 19.9 Å². The van der Waals surface area contributed by atoms with E-state index in [1.54, 1.807) is 12.3 Å². The molecule has 0 amide bonds. The molecule has 154 valence electrons. The van der Waals surface area contributed by atoms with Crippen molar-refractivity contribution in [3.63, 3.8) is 0 Å². The number of fused-ring (bicyclic) bond motifs is 3. The topological polar surface area (TPSA) is 47.7 Å². The molecule has 4 nitrogen and oxygen atoms in total. The number of aryl methyl sites for hydroxylation is 1. The lowest BCUT2D eigenvalue weighted by atomic mass is 9.91. The summed E-state index contributed by atoms with van der Waals surface area (Å²) in [5.41, 5.74) is 4.11. The predicted octanol–water partition coefficient (Wildman–Crippen LogP) is 5.37. The Bertz CT molecular complexity index is 1200. The van der Waals surface area contributed by atoms with E-state index < -0.39 is 11.7 Å². The Hall–Kier alpha value is -3.06. The van der Waals surface area contributed by atoms with E-state index in [-0.39, 0.29) is 6.04 Å². The van der Waals surface area contributed by atoms with Gasteiger partial charge in [-0.05, 0) is 42.7 Å². The first-order valence-corrected chi connectivity index (χ1v) is 9.91. The molecule has 0 aliphatic carbocycles. The van der Waals surface area contributed by atoms with Crippen LogP contribution in [0.2, 0.25) is 0 Å². The smallest absolute Gasteiger partial charge is 0.357 e. The minimum atomic E-state index is -4.38. The van der Waals surface area contributed by atoms with Gasteiger partial charge >= 0.3 is 6.18 Å². The third kappa shape index (κ3) is 3.29. The van der Waals surface area contributed by atoms with Crippen molar-refractivity contribution >= 4 is 10.9 Å². The summed E-state index contributed by atoms with van der Waals surface area (Å²) in [6.45, 7) is 3.20. The number of rotatable bonds is 3. The number of hydrogen-bond acceptors (Lipinski definition) is 2. The summed E-state index contributed by atoms with van der Waals surface area (Å²) in [4.78, 5) is 13.3. The summed E-state index contributed by atoms with van der Waals surface area (Å²) < 4.78 is 40.2. The molecule has 0 spiro atoms. The second-order valence-corrected chi connectivity index (χ2v) is 7.82. The van der Waals surface area contributed by atoms with E-state index in [0.717, 1.165) is 47.1 Å². The number of hydrogen-bond donors (Lipinski definition) is 2. The van der Waals surface area contributed by atoms with Gasteiger partial charge in [0.2, 0.25) is 0 Å². The Balaban J connectivity index is 1.64. The molecule has 0 bridgehead atoms. The number of H-pyrrole nitrogens is 2. The molecular weight excluding hydrogens is 389 g/mol. The Morgan fingerprint density at radius 1 is 1.10 bits per heavy atom. The van der Waals surface area contributed by atoms with Gasteiger partial charge in [0.1, 0.15) is 5.82 Å². The maximum atomic E-state index is 13.4. The first-order chi connectivity index (χ1) is 14.4. The van der Waals surface area contributed by atoms with E-state index >= 15 is 0 Å². The standard InChI is InChI=1S/C23H21F3N4/c1-14-12-27-20(28-14)13-30-10-9-18-17-7-2-3-8-19(17)29-21(18)22(30)15-5-4-6-16(11-15)23(24,25)26/h2-8,11-12,22,29H,9-10,13H2,1H3,(H,27,28). The van der Waals surface area contributed by atoms with E-state index in [1.165, 1.54) is 17.7 Å². The average Bonchev–Trinajstić information content (AvgIpc) is 3.30. The summed E-state index contributed by atoms with van der Waals surface area (Å²) in [6.07, 6.45) is -1.78. The minimum Gasteiger partial charge on any atom is -0.357 e. The zero-order valence-electron chi connectivity index (χ0n) is 16.4. The highest BCUT2D eigenvalue weighted by atomic mass is 19.4. The molecule has 7 heteroatoms. The highest BCUT2D eigenvalue weighted by molar-refractivity contribution is 5.85. The first kappa shape index (κ1) is 18.9. The number of aromatic nitrogens is 3. The fourth-order valence-corrected chi connectivity index (χ4v) is 4.46. The normalized spacial score (nSPS) is 17.4. The predicted molar refractivity (Wildman–Crippen MR) is 109 cm³/mol. The highest BCUT2D eigenvalue weighted by Gasteiger charge is 2.35. The summed E-state index contributed by atoms with van der Waals surface area (Å²) in [5, 5.41) is 1.14. The molecule has 4 aromatic rings. The number of para-hydroxylation sites is 1. The van der Waals surface area contributed by atoms with Crippen LogP contribution in [0.4, 0.5) is 13.2 Å². The van der Waals surface area contributed by atoms with Crippen LogP contribution in [0.15, 0.2) is 54.7 Å². The molecule has 1 aliphatic rings. The van der Waals surface area contributed by atoms with Crippen molar-refractivity contribution in [3.8, 4) is 0 Å². The minimum absolute atomic E-state index is 0.311. The molecule has 0 radical (unpaired) electrons. The Morgan fingerprint density at radius 3 is 2.70 bits per heavy atom. The van der Waals surface area contributed by atoms with Gasteiger partial charge in [-0.25, -0.2) is 4.98 Å². The van der Waals surface area contributed by atoms with Gasteiger partial charge in [0.05, 0.1) is 18.2 Å². The fourth-order valence-electron chi connectivity index (χ4n) is 4.46. The molecule has 5 rings (SSSR count). The van der Waals surface area contributed by atoms with Crippen molar-refractivity contribution in [2.24, 2.45) is 0 Å². The van der Waals surface area contributed by atoms with Crippen molar-refractivity contribution in [1.29, 1.82) is 0 Å². The van der Waals surface area contributed by atoms with Crippen LogP contribution < -0.4 is 0 Å². The number of alkyl halides is 3. The van der Waals surface area contributed by atoms with Crippen LogP contribution in [0.25, 0.3) is 10.9 Å². The second kappa shape index (κ2) is 7.02. The van der Waals surface area contributed by atoms with E-state index in [1.807, 2.05) is 25.1 Å². The Labute approximate surface area is 171 Å². The maximum Gasteiger partial charge on any atom is 0.416 e. The molecule has 0 saturated heterocycles. The van der Waals surface area contributed by atoms with Gasteiger partial charge in [-0.15, -0.1) is 0 Å². The molecule has 30 heavy (non-hydrogen) atoms. The molecular formula is C23H21F3N4. The molecule has 2 aromatic carbocycles. The van der Waals surface area contributed by atoms with Crippen molar-refractivity contribution in [3.05, 3.63) is 88.6 Å². The van der Waals surface area contributed by atoms with E-state index in [0.29, 0.717) is 12.1 Å². The van der Waals surface area contributed by atoms with E-state index in [9.17, 15) is 13.2 Å². The van der Waals surface area contributed by atoms with Crippen molar-refractivity contribution < 1.29 is 13.2 Å². The third-order valence-corrected chi connectivity index (χ3v) is 5.77. The van der Waals surface area contributed by atoms with Gasteiger partial charge in [-0.3, -0.25) is 4.90 Å². The lowest BCUT2D eigenvalue weighted by molar-refractivity contribution is -0.137. The van der Waals surface area contributed by atoms with Gasteiger partial charge in [-0.2, -0.15) is 13.2 Å². The summed E-state index contributed by atoms with van der Waals surface area (Å²) in [6, 6.07) is 13.4. The van der Waals surface area contributed by atoms with Crippen molar-refractivity contribution in [2.75, 3.05) is 6.54 Å². The first-order valence-electron chi connectivity index (χ1n) is 9.91. The van der Waals surface area contributed by atoms with Gasteiger partial charge in [0.25, 0.3) is 0 Å².